The van der Waals surface area contributed by atoms with Crippen LogP contribution < -0.4 is 10.6 Å². The normalized spacial score (nSPS) is 18.9. The molecule has 4 rings (SSSR count). The van der Waals surface area contributed by atoms with Gasteiger partial charge in [0.1, 0.15) is 5.82 Å². The van der Waals surface area contributed by atoms with Crippen molar-refractivity contribution in [2.45, 2.75) is 32.2 Å². The van der Waals surface area contributed by atoms with Crippen molar-refractivity contribution in [1.29, 1.82) is 0 Å². The van der Waals surface area contributed by atoms with Crippen LogP contribution in [0.1, 0.15) is 53.0 Å². The van der Waals surface area contributed by atoms with Crippen LogP contribution in [0.4, 0.5) is 5.82 Å². The van der Waals surface area contributed by atoms with E-state index in [1.165, 1.54) is 0 Å². The van der Waals surface area contributed by atoms with Crippen molar-refractivity contribution in [3.63, 3.8) is 0 Å². The van der Waals surface area contributed by atoms with Gasteiger partial charge in [-0.05, 0) is 49.1 Å². The van der Waals surface area contributed by atoms with E-state index in [1.807, 2.05) is 25.1 Å². The Balaban J connectivity index is 1.52. The van der Waals surface area contributed by atoms with E-state index in [2.05, 4.69) is 20.6 Å². The number of nitrogens with one attached hydrogen (secondary N) is 2. The molecule has 122 valence electrons. The van der Waals surface area contributed by atoms with Gasteiger partial charge in [0.25, 0.3) is 5.91 Å². The Morgan fingerprint density at radius 3 is 2.96 bits per heavy atom. The Labute approximate surface area is 139 Å². The number of hydrogen-bond donors (Lipinski definition) is 2. The molecule has 2 aromatic heterocycles. The largest absolute Gasteiger partial charge is 0.345 e. The van der Waals surface area contributed by atoms with E-state index in [0.29, 0.717) is 17.8 Å². The van der Waals surface area contributed by atoms with Crippen molar-refractivity contribution in [1.82, 2.24) is 15.3 Å². The second kappa shape index (κ2) is 5.70. The first-order valence-electron chi connectivity index (χ1n) is 8.15. The highest BCUT2D eigenvalue weighted by Crippen LogP contribution is 2.30. The van der Waals surface area contributed by atoms with Crippen molar-refractivity contribution in [3.8, 4) is 0 Å². The summed E-state index contributed by atoms with van der Waals surface area (Å²) in [5.74, 6) is 0.718. The predicted molar refractivity (Wildman–Crippen MR) is 88.5 cm³/mol. The zero-order valence-corrected chi connectivity index (χ0v) is 13.4. The van der Waals surface area contributed by atoms with Crippen molar-refractivity contribution in [3.05, 3.63) is 53.0 Å². The minimum Gasteiger partial charge on any atom is -0.345 e. The molecule has 1 aliphatic heterocycles. The van der Waals surface area contributed by atoms with Gasteiger partial charge in [-0.3, -0.25) is 14.6 Å². The number of carbonyl (C=O) groups is 2. The molecule has 2 N–H and O–H groups in total. The molecule has 0 spiro atoms. The molecule has 0 radical (unpaired) electrons. The molecule has 1 saturated carbocycles. The van der Waals surface area contributed by atoms with Gasteiger partial charge in [-0.2, -0.15) is 0 Å². The van der Waals surface area contributed by atoms with E-state index in [-0.39, 0.29) is 23.8 Å². The van der Waals surface area contributed by atoms with E-state index < -0.39 is 0 Å². The van der Waals surface area contributed by atoms with Crippen LogP contribution in [0, 0.1) is 5.92 Å². The molecule has 2 aromatic rings. The lowest BCUT2D eigenvalue weighted by molar-refractivity contribution is -0.117. The Kier molecular flexibility index (Phi) is 3.52. The number of pyridine rings is 2. The number of hydrogen-bond acceptors (Lipinski definition) is 4. The lowest BCUT2D eigenvalue weighted by atomic mass is 10.0. The lowest BCUT2D eigenvalue weighted by Gasteiger charge is -2.08. The SMILES string of the molecule is CC1NC(=O)c2cnc(Cc3ccnc(NC(=O)C4CC4)c3)cc21. The Hall–Kier alpha value is -2.76. The minimum atomic E-state index is -0.0643. The average molecular weight is 322 g/mol. The fourth-order valence-electron chi connectivity index (χ4n) is 2.95. The summed E-state index contributed by atoms with van der Waals surface area (Å²) in [6.07, 6.45) is 5.90. The summed E-state index contributed by atoms with van der Waals surface area (Å²) in [5, 5.41) is 5.74. The third kappa shape index (κ3) is 2.87. The number of nitrogens with zero attached hydrogens (tertiary/aromatic N) is 2. The third-order valence-electron chi connectivity index (χ3n) is 4.46. The predicted octanol–water partition coefficient (Wildman–Crippen LogP) is 2.22. The van der Waals surface area contributed by atoms with Gasteiger partial charge in [-0.1, -0.05) is 0 Å². The smallest absolute Gasteiger partial charge is 0.253 e. The maximum absolute atomic E-state index is 11.8. The Bertz CT molecular complexity index is 830. The molecule has 1 atom stereocenters. The zero-order valence-electron chi connectivity index (χ0n) is 13.4. The number of anilines is 1. The molecule has 0 saturated heterocycles. The van der Waals surface area contributed by atoms with E-state index in [9.17, 15) is 9.59 Å². The summed E-state index contributed by atoms with van der Waals surface area (Å²) in [6, 6.07) is 5.78. The van der Waals surface area contributed by atoms with Crippen LogP contribution in [0.25, 0.3) is 0 Å². The summed E-state index contributed by atoms with van der Waals surface area (Å²) in [5.41, 5.74) is 3.55. The summed E-state index contributed by atoms with van der Waals surface area (Å²) >= 11 is 0. The molecule has 2 aliphatic rings. The molecule has 1 unspecified atom stereocenters. The van der Waals surface area contributed by atoms with Crippen molar-refractivity contribution in [2.24, 2.45) is 5.92 Å². The quantitative estimate of drug-likeness (QED) is 0.904. The average Bonchev–Trinajstić information content (AvgIpc) is 3.36. The number of rotatable bonds is 4. The van der Waals surface area contributed by atoms with Gasteiger partial charge in [-0.15, -0.1) is 0 Å². The topological polar surface area (TPSA) is 84.0 Å². The van der Waals surface area contributed by atoms with Gasteiger partial charge in [0.05, 0.1) is 11.6 Å². The summed E-state index contributed by atoms with van der Waals surface area (Å²) < 4.78 is 0. The van der Waals surface area contributed by atoms with Crippen LogP contribution in [-0.4, -0.2) is 21.8 Å². The fourth-order valence-corrected chi connectivity index (χ4v) is 2.95. The molecule has 6 heteroatoms. The van der Waals surface area contributed by atoms with Crippen LogP contribution in [0.5, 0.6) is 0 Å². The lowest BCUT2D eigenvalue weighted by Crippen LogP contribution is -2.16. The summed E-state index contributed by atoms with van der Waals surface area (Å²) in [4.78, 5) is 32.2. The van der Waals surface area contributed by atoms with Gasteiger partial charge >= 0.3 is 0 Å². The van der Waals surface area contributed by atoms with Gasteiger partial charge in [0.15, 0.2) is 0 Å². The Morgan fingerprint density at radius 2 is 2.17 bits per heavy atom. The highest BCUT2D eigenvalue weighted by Gasteiger charge is 2.30. The van der Waals surface area contributed by atoms with Gasteiger partial charge in [-0.25, -0.2) is 4.98 Å². The summed E-state index contributed by atoms with van der Waals surface area (Å²) in [6.45, 7) is 1.96. The van der Waals surface area contributed by atoms with Crippen LogP contribution >= 0.6 is 0 Å². The first kappa shape index (κ1) is 14.8. The standard InChI is InChI=1S/C18H18N4O2/c1-10-14-8-13(20-9-15(14)18(24)21-10)6-11-4-5-19-16(7-11)22-17(23)12-2-3-12/h4-5,7-10,12H,2-3,6H2,1H3,(H,21,24)(H,19,22,23). The van der Waals surface area contributed by atoms with Crippen molar-refractivity contribution >= 4 is 17.6 Å². The molecule has 24 heavy (non-hydrogen) atoms. The van der Waals surface area contributed by atoms with Crippen LogP contribution in [0.15, 0.2) is 30.6 Å². The molecule has 3 heterocycles. The molecule has 6 nitrogen and oxygen atoms in total. The highest BCUT2D eigenvalue weighted by atomic mass is 16.2. The zero-order chi connectivity index (χ0) is 16.7. The molecular formula is C18H18N4O2. The first-order chi connectivity index (χ1) is 11.6. The Morgan fingerprint density at radius 1 is 1.33 bits per heavy atom. The number of aromatic nitrogens is 2. The summed E-state index contributed by atoms with van der Waals surface area (Å²) in [7, 11) is 0. The first-order valence-corrected chi connectivity index (χ1v) is 8.15. The van der Waals surface area contributed by atoms with Gasteiger partial charge in [0.2, 0.25) is 5.91 Å². The third-order valence-corrected chi connectivity index (χ3v) is 4.46. The van der Waals surface area contributed by atoms with E-state index in [4.69, 9.17) is 0 Å². The van der Waals surface area contributed by atoms with Gasteiger partial charge < -0.3 is 10.6 Å². The maximum Gasteiger partial charge on any atom is 0.253 e. The molecule has 0 bridgehead atoms. The number of fused-ring (bicyclic) bond motifs is 1. The molecule has 2 amide bonds. The van der Waals surface area contributed by atoms with Crippen molar-refractivity contribution < 1.29 is 9.59 Å². The van der Waals surface area contributed by atoms with E-state index in [1.54, 1.807) is 12.4 Å². The van der Waals surface area contributed by atoms with Crippen molar-refractivity contribution in [2.75, 3.05) is 5.32 Å². The van der Waals surface area contributed by atoms with Crippen LogP contribution in [-0.2, 0) is 11.2 Å². The van der Waals surface area contributed by atoms with Gasteiger partial charge in [0, 0.05) is 30.4 Å². The monoisotopic (exact) mass is 322 g/mol. The van der Waals surface area contributed by atoms with E-state index in [0.717, 1.165) is 29.7 Å². The maximum atomic E-state index is 11.8. The van der Waals surface area contributed by atoms with Crippen LogP contribution in [0.2, 0.25) is 0 Å². The molecular weight excluding hydrogens is 304 g/mol. The second-order valence-electron chi connectivity index (χ2n) is 6.45. The highest BCUT2D eigenvalue weighted by molar-refractivity contribution is 5.98. The number of carbonyl (C=O) groups excluding carboxylic acids is 2. The van der Waals surface area contributed by atoms with Crippen LogP contribution in [0.3, 0.4) is 0 Å². The number of amides is 2. The molecule has 1 fully saturated rings. The second-order valence-corrected chi connectivity index (χ2v) is 6.45. The molecule has 0 aromatic carbocycles. The molecule has 1 aliphatic carbocycles. The fraction of sp³-hybridized carbons (Fsp3) is 0.333. The van der Waals surface area contributed by atoms with E-state index >= 15 is 0 Å². The minimum absolute atomic E-state index is 0.0140.